The summed E-state index contributed by atoms with van der Waals surface area (Å²) in [7, 11) is 1.62. The number of hydrogen-bond donors (Lipinski definition) is 1. The first-order valence-electron chi connectivity index (χ1n) is 12.9. The van der Waals surface area contributed by atoms with Crippen LogP contribution in [0.15, 0.2) is 48.5 Å². The number of fused-ring (bicyclic) bond motifs is 1. The van der Waals surface area contributed by atoms with Crippen molar-refractivity contribution in [2.75, 3.05) is 38.2 Å². The van der Waals surface area contributed by atoms with Crippen LogP contribution in [0.1, 0.15) is 43.2 Å². The maximum absolute atomic E-state index is 13.6. The number of likely N-dealkylation sites (tertiary alicyclic amines) is 1. The first kappa shape index (κ1) is 23.7. The van der Waals surface area contributed by atoms with Gasteiger partial charge in [-0.2, -0.15) is 5.26 Å². The minimum Gasteiger partial charge on any atom is -0.496 e. The first-order valence-corrected chi connectivity index (χ1v) is 12.9. The predicted octanol–water partition coefficient (Wildman–Crippen LogP) is 4.12. The molecule has 6 nitrogen and oxygen atoms in total. The molecule has 2 aromatic carbocycles. The maximum atomic E-state index is 13.6. The van der Waals surface area contributed by atoms with E-state index in [9.17, 15) is 15.2 Å². The monoisotopic (exact) mass is 473 g/mol. The van der Waals surface area contributed by atoms with Gasteiger partial charge in [0, 0.05) is 49.8 Å². The molecule has 2 aromatic rings. The first-order chi connectivity index (χ1) is 17.0. The highest BCUT2D eigenvalue weighted by molar-refractivity contribution is 5.81. The number of nitriles is 1. The van der Waals surface area contributed by atoms with Crippen LogP contribution in [-0.4, -0.2) is 49.2 Å². The van der Waals surface area contributed by atoms with Crippen molar-refractivity contribution in [1.29, 1.82) is 5.26 Å². The summed E-state index contributed by atoms with van der Waals surface area (Å²) in [6.07, 6.45) is 4.57. The van der Waals surface area contributed by atoms with Gasteiger partial charge in [0.15, 0.2) is 0 Å². The van der Waals surface area contributed by atoms with E-state index in [2.05, 4.69) is 29.2 Å². The van der Waals surface area contributed by atoms with Gasteiger partial charge in [-0.1, -0.05) is 36.4 Å². The molecule has 0 aromatic heterocycles. The SMILES string of the molecule is COc1ccccc1C1(O)CC(CC#N)CC2CN(C(=O)Cc3ccccc3N3CCCC3)CC21. The van der Waals surface area contributed by atoms with Crippen LogP contribution in [0.25, 0.3) is 0 Å². The molecule has 2 heterocycles. The Bertz CT molecular complexity index is 1110. The third-order valence-electron chi connectivity index (χ3n) is 8.38. The summed E-state index contributed by atoms with van der Waals surface area (Å²) in [4.78, 5) is 17.9. The van der Waals surface area contributed by atoms with Crippen molar-refractivity contribution in [3.63, 3.8) is 0 Å². The third-order valence-corrected chi connectivity index (χ3v) is 8.38. The molecule has 4 atom stereocenters. The highest BCUT2D eigenvalue weighted by atomic mass is 16.5. The number of ether oxygens (including phenoxy) is 1. The van der Waals surface area contributed by atoms with Gasteiger partial charge in [0.2, 0.25) is 5.91 Å². The number of carbonyl (C=O) groups excluding carboxylic acids is 1. The zero-order valence-corrected chi connectivity index (χ0v) is 20.5. The third kappa shape index (κ3) is 4.50. The summed E-state index contributed by atoms with van der Waals surface area (Å²) in [6, 6.07) is 18.2. The van der Waals surface area contributed by atoms with Crippen LogP contribution in [0.4, 0.5) is 5.69 Å². The molecule has 0 bridgehead atoms. The lowest BCUT2D eigenvalue weighted by atomic mass is 9.63. The van der Waals surface area contributed by atoms with Crippen molar-refractivity contribution in [3.05, 3.63) is 59.7 Å². The van der Waals surface area contributed by atoms with Gasteiger partial charge in [0.05, 0.1) is 25.2 Å². The van der Waals surface area contributed by atoms with E-state index >= 15 is 0 Å². The van der Waals surface area contributed by atoms with Crippen LogP contribution >= 0.6 is 0 Å². The van der Waals surface area contributed by atoms with Crippen LogP contribution < -0.4 is 9.64 Å². The lowest BCUT2D eigenvalue weighted by Crippen LogP contribution is -2.46. The number of benzene rings is 2. The molecular formula is C29H35N3O3. The van der Waals surface area contributed by atoms with E-state index in [1.165, 1.54) is 18.5 Å². The van der Waals surface area contributed by atoms with E-state index < -0.39 is 5.60 Å². The Labute approximate surface area is 208 Å². The van der Waals surface area contributed by atoms with Crippen molar-refractivity contribution in [3.8, 4) is 11.8 Å². The Balaban J connectivity index is 1.39. The van der Waals surface area contributed by atoms with Crippen LogP contribution in [-0.2, 0) is 16.8 Å². The molecule has 1 amide bonds. The minimum absolute atomic E-state index is 0.0773. The Morgan fingerprint density at radius 3 is 2.66 bits per heavy atom. The lowest BCUT2D eigenvalue weighted by molar-refractivity contribution is -0.130. The summed E-state index contributed by atoms with van der Waals surface area (Å²) in [6.45, 7) is 3.26. The average Bonchev–Trinajstić information content (AvgIpc) is 3.55. The zero-order valence-electron chi connectivity index (χ0n) is 20.5. The van der Waals surface area contributed by atoms with Crippen LogP contribution in [0.3, 0.4) is 0 Å². The summed E-state index contributed by atoms with van der Waals surface area (Å²) in [5.74, 6) is 0.962. The average molecular weight is 474 g/mol. The minimum atomic E-state index is -1.13. The number of aliphatic hydroxyl groups is 1. The molecule has 3 aliphatic rings. The molecule has 2 aliphatic heterocycles. The van der Waals surface area contributed by atoms with Gasteiger partial charge < -0.3 is 19.6 Å². The number of para-hydroxylation sites is 2. The zero-order chi connectivity index (χ0) is 24.4. The largest absolute Gasteiger partial charge is 0.496 e. The molecule has 0 spiro atoms. The van der Waals surface area contributed by atoms with E-state index in [1.54, 1.807) is 7.11 Å². The van der Waals surface area contributed by atoms with Gasteiger partial charge in [-0.3, -0.25) is 4.79 Å². The maximum Gasteiger partial charge on any atom is 0.227 e. The summed E-state index contributed by atoms with van der Waals surface area (Å²) < 4.78 is 5.61. The Morgan fingerprint density at radius 1 is 1.14 bits per heavy atom. The number of carbonyl (C=O) groups is 1. The molecule has 1 saturated carbocycles. The fraction of sp³-hybridized carbons (Fsp3) is 0.517. The number of hydrogen-bond acceptors (Lipinski definition) is 5. The van der Waals surface area contributed by atoms with Crippen molar-refractivity contribution >= 4 is 11.6 Å². The molecule has 35 heavy (non-hydrogen) atoms. The second kappa shape index (κ2) is 9.91. The standard InChI is InChI=1S/C29H35N3O3/c1-35-27-11-5-3-9-24(27)29(34)18-21(12-13-30)16-23-19-32(20-25(23)29)28(33)17-22-8-2-4-10-26(22)31-14-6-7-15-31/h2-5,8-11,21,23,25,34H,6-7,12,14-20H2,1H3. The molecular weight excluding hydrogens is 438 g/mol. The Hall–Kier alpha value is -3.04. The molecule has 3 fully saturated rings. The van der Waals surface area contributed by atoms with E-state index in [0.717, 1.165) is 30.6 Å². The number of methoxy groups -OCH3 is 1. The number of nitrogens with zero attached hydrogens (tertiary/aromatic N) is 3. The lowest BCUT2D eigenvalue weighted by Gasteiger charge is -2.45. The molecule has 0 radical (unpaired) electrons. The van der Waals surface area contributed by atoms with E-state index in [-0.39, 0.29) is 23.7 Å². The molecule has 2 saturated heterocycles. The molecule has 1 aliphatic carbocycles. The van der Waals surface area contributed by atoms with Crippen molar-refractivity contribution in [1.82, 2.24) is 4.90 Å². The van der Waals surface area contributed by atoms with Gasteiger partial charge >= 0.3 is 0 Å². The topological polar surface area (TPSA) is 76.8 Å². The van der Waals surface area contributed by atoms with Crippen LogP contribution in [0.2, 0.25) is 0 Å². The second-order valence-electron chi connectivity index (χ2n) is 10.5. The van der Waals surface area contributed by atoms with E-state index in [1.807, 2.05) is 35.2 Å². The fourth-order valence-electron chi connectivity index (χ4n) is 6.76. The summed E-state index contributed by atoms with van der Waals surface area (Å²) in [5, 5.41) is 21.6. The normalized spacial score (nSPS) is 28.0. The van der Waals surface area contributed by atoms with Crippen molar-refractivity contribution in [2.45, 2.75) is 44.1 Å². The van der Waals surface area contributed by atoms with Crippen LogP contribution in [0.5, 0.6) is 5.75 Å². The van der Waals surface area contributed by atoms with Crippen LogP contribution in [0, 0.1) is 29.1 Å². The van der Waals surface area contributed by atoms with Crippen molar-refractivity contribution < 1.29 is 14.6 Å². The smallest absolute Gasteiger partial charge is 0.227 e. The number of amides is 1. The number of rotatable bonds is 6. The van der Waals surface area contributed by atoms with Gasteiger partial charge in [0.25, 0.3) is 0 Å². The molecule has 6 heteroatoms. The highest BCUT2D eigenvalue weighted by Crippen LogP contribution is 2.52. The van der Waals surface area contributed by atoms with Gasteiger partial charge in [-0.25, -0.2) is 0 Å². The Kier molecular flexibility index (Phi) is 6.71. The van der Waals surface area contributed by atoms with Gasteiger partial charge in [-0.05, 0) is 55.2 Å². The molecule has 5 rings (SSSR count). The van der Waals surface area contributed by atoms with Gasteiger partial charge in [0.1, 0.15) is 5.75 Å². The molecule has 184 valence electrons. The Morgan fingerprint density at radius 2 is 1.89 bits per heavy atom. The van der Waals surface area contributed by atoms with Crippen molar-refractivity contribution in [2.24, 2.45) is 17.8 Å². The van der Waals surface area contributed by atoms with Gasteiger partial charge in [-0.15, -0.1) is 0 Å². The molecule has 4 unspecified atom stereocenters. The summed E-state index contributed by atoms with van der Waals surface area (Å²) in [5.41, 5.74) is 1.90. The quantitative estimate of drug-likeness (QED) is 0.683. The summed E-state index contributed by atoms with van der Waals surface area (Å²) >= 11 is 0. The molecule has 1 N–H and O–H groups in total. The number of anilines is 1. The fourth-order valence-corrected chi connectivity index (χ4v) is 6.76. The van der Waals surface area contributed by atoms with E-state index in [4.69, 9.17) is 4.74 Å². The second-order valence-corrected chi connectivity index (χ2v) is 10.5. The predicted molar refractivity (Wildman–Crippen MR) is 135 cm³/mol. The highest BCUT2D eigenvalue weighted by Gasteiger charge is 2.54. The van der Waals surface area contributed by atoms with E-state index in [0.29, 0.717) is 38.1 Å².